The van der Waals surface area contributed by atoms with Gasteiger partial charge in [0.25, 0.3) is 0 Å². The van der Waals surface area contributed by atoms with Gasteiger partial charge in [-0.25, -0.2) is 9.18 Å². The first-order chi connectivity index (χ1) is 10.6. The highest BCUT2D eigenvalue weighted by Gasteiger charge is 2.47. The van der Waals surface area contributed by atoms with Crippen molar-refractivity contribution in [1.29, 1.82) is 0 Å². The second-order valence-electron chi connectivity index (χ2n) is 6.81. The zero-order valence-electron chi connectivity index (χ0n) is 13.6. The van der Waals surface area contributed by atoms with Gasteiger partial charge >= 0.3 is 6.09 Å². The second kappa shape index (κ2) is 6.28. The number of benzene rings is 1. The number of amides is 1. The van der Waals surface area contributed by atoms with Gasteiger partial charge in [-0.2, -0.15) is 0 Å². The third-order valence-electron chi connectivity index (χ3n) is 3.80. The summed E-state index contributed by atoms with van der Waals surface area (Å²) in [6, 6.07) is 5.34. The summed E-state index contributed by atoms with van der Waals surface area (Å²) >= 11 is 0. The summed E-state index contributed by atoms with van der Waals surface area (Å²) in [7, 11) is 0. The van der Waals surface area contributed by atoms with E-state index in [2.05, 4.69) is 5.32 Å². The number of rotatable bonds is 2. The lowest BCUT2D eigenvalue weighted by atomic mass is 9.74. The van der Waals surface area contributed by atoms with E-state index in [9.17, 15) is 19.1 Å². The maximum absolute atomic E-state index is 13.2. The molecule has 1 aromatic carbocycles. The number of carbonyl (C=O) groups excluding carboxylic acids is 2. The number of hydrogen-bond donors (Lipinski definition) is 2. The zero-order chi connectivity index (χ0) is 17.3. The highest BCUT2D eigenvalue weighted by Crippen LogP contribution is 2.35. The molecule has 2 unspecified atom stereocenters. The molecule has 2 rings (SSSR count). The van der Waals surface area contributed by atoms with Crippen LogP contribution in [-0.2, 0) is 15.1 Å². The van der Waals surface area contributed by atoms with Gasteiger partial charge in [-0.05, 0) is 57.7 Å². The first-order valence-electron chi connectivity index (χ1n) is 7.64. The normalized spacial score (nSPS) is 25.1. The molecule has 0 aliphatic heterocycles. The quantitative estimate of drug-likeness (QED) is 0.877. The molecule has 0 bridgehead atoms. The highest BCUT2D eigenvalue weighted by molar-refractivity contribution is 5.96. The van der Waals surface area contributed by atoms with Crippen molar-refractivity contribution in [3.8, 4) is 0 Å². The van der Waals surface area contributed by atoms with E-state index in [1.807, 2.05) is 0 Å². The van der Waals surface area contributed by atoms with Crippen molar-refractivity contribution in [3.05, 3.63) is 35.6 Å². The van der Waals surface area contributed by atoms with E-state index in [4.69, 9.17) is 4.74 Å². The number of alkyl carbamates (subject to hydrolysis) is 1. The molecule has 1 aromatic rings. The van der Waals surface area contributed by atoms with Gasteiger partial charge in [0.05, 0.1) is 0 Å². The average Bonchev–Trinajstić information content (AvgIpc) is 2.42. The summed E-state index contributed by atoms with van der Waals surface area (Å²) in [5, 5.41) is 12.6. The van der Waals surface area contributed by atoms with Gasteiger partial charge in [-0.1, -0.05) is 12.1 Å². The number of hydrogen-bond acceptors (Lipinski definition) is 4. The number of aliphatic hydroxyl groups excluding tert-OH is 1. The number of nitrogens with one attached hydrogen (secondary N) is 1. The van der Waals surface area contributed by atoms with Crippen LogP contribution in [0.15, 0.2) is 24.3 Å². The van der Waals surface area contributed by atoms with E-state index in [0.29, 0.717) is 24.8 Å². The predicted octanol–water partition coefficient (Wildman–Crippen LogP) is 2.66. The molecule has 6 heteroatoms. The van der Waals surface area contributed by atoms with Crippen molar-refractivity contribution in [2.24, 2.45) is 0 Å². The van der Waals surface area contributed by atoms with Crippen LogP contribution in [0, 0.1) is 5.82 Å². The summed E-state index contributed by atoms with van der Waals surface area (Å²) in [5.74, 6) is -0.939. The summed E-state index contributed by atoms with van der Waals surface area (Å²) in [6.07, 6.45) is -0.681. The molecule has 0 heterocycles. The van der Waals surface area contributed by atoms with E-state index in [0.717, 1.165) is 0 Å². The Morgan fingerprint density at radius 2 is 1.96 bits per heavy atom. The number of carbonyl (C=O) groups is 2. The van der Waals surface area contributed by atoms with E-state index in [1.54, 1.807) is 20.8 Å². The molecule has 0 aromatic heterocycles. The molecule has 23 heavy (non-hydrogen) atoms. The molecule has 2 atom stereocenters. The van der Waals surface area contributed by atoms with Gasteiger partial charge in [-0.3, -0.25) is 4.79 Å². The molecule has 2 N–H and O–H groups in total. The van der Waals surface area contributed by atoms with Crippen molar-refractivity contribution >= 4 is 11.9 Å². The molecule has 0 saturated heterocycles. The summed E-state index contributed by atoms with van der Waals surface area (Å²) in [4.78, 5) is 24.8. The largest absolute Gasteiger partial charge is 0.444 e. The fourth-order valence-electron chi connectivity index (χ4n) is 2.79. The van der Waals surface area contributed by atoms with E-state index in [-0.39, 0.29) is 0 Å². The molecular weight excluding hydrogens is 301 g/mol. The first-order valence-corrected chi connectivity index (χ1v) is 7.64. The SMILES string of the molecule is CC(C)(C)OC(=O)NC1(c2ccc(F)cc2)CCCC(O)C1=O. The molecule has 1 aliphatic carbocycles. The van der Waals surface area contributed by atoms with Gasteiger partial charge < -0.3 is 15.2 Å². The molecule has 1 aliphatic rings. The number of Topliss-reactive ketones (excluding diaryl/α,β-unsaturated/α-hetero) is 1. The topological polar surface area (TPSA) is 75.6 Å². The molecule has 1 fully saturated rings. The predicted molar refractivity (Wildman–Crippen MR) is 82.3 cm³/mol. The lowest BCUT2D eigenvalue weighted by Gasteiger charge is -2.39. The Morgan fingerprint density at radius 3 is 2.52 bits per heavy atom. The van der Waals surface area contributed by atoms with E-state index in [1.165, 1.54) is 24.3 Å². The molecule has 5 nitrogen and oxygen atoms in total. The average molecular weight is 323 g/mol. The van der Waals surface area contributed by atoms with Crippen LogP contribution in [0.25, 0.3) is 0 Å². The summed E-state index contributed by atoms with van der Waals surface area (Å²) in [5.41, 5.74) is -1.67. The van der Waals surface area contributed by atoms with E-state index >= 15 is 0 Å². The molecular formula is C17H22FNO4. The number of ketones is 1. The van der Waals surface area contributed by atoms with Crippen LogP contribution < -0.4 is 5.32 Å². The van der Waals surface area contributed by atoms with Crippen molar-refractivity contribution in [2.45, 2.75) is 57.3 Å². The van der Waals surface area contributed by atoms with Crippen LogP contribution >= 0.6 is 0 Å². The maximum atomic E-state index is 13.2. The molecule has 1 saturated carbocycles. The van der Waals surface area contributed by atoms with Crippen LogP contribution in [0.4, 0.5) is 9.18 Å². The Bertz CT molecular complexity index is 594. The van der Waals surface area contributed by atoms with E-state index < -0.39 is 34.9 Å². The summed E-state index contributed by atoms with van der Waals surface area (Å²) in [6.45, 7) is 5.15. The third-order valence-corrected chi connectivity index (χ3v) is 3.80. The van der Waals surface area contributed by atoms with Gasteiger partial charge in [0.2, 0.25) is 0 Å². The Balaban J connectivity index is 2.37. The first kappa shape index (κ1) is 17.4. The van der Waals surface area contributed by atoms with Gasteiger partial charge in [-0.15, -0.1) is 0 Å². The molecule has 1 amide bonds. The van der Waals surface area contributed by atoms with Crippen LogP contribution in [0.3, 0.4) is 0 Å². The summed E-state index contributed by atoms with van der Waals surface area (Å²) < 4.78 is 18.4. The molecule has 126 valence electrons. The van der Waals surface area contributed by atoms with Crippen LogP contribution in [0.1, 0.15) is 45.6 Å². The Kier molecular flexibility index (Phi) is 4.75. The smallest absolute Gasteiger partial charge is 0.408 e. The van der Waals surface area contributed by atoms with Gasteiger partial charge in [0, 0.05) is 0 Å². The fourth-order valence-corrected chi connectivity index (χ4v) is 2.79. The van der Waals surface area contributed by atoms with Gasteiger partial charge in [0.1, 0.15) is 23.1 Å². The van der Waals surface area contributed by atoms with Crippen molar-refractivity contribution < 1.29 is 23.8 Å². The lowest BCUT2D eigenvalue weighted by molar-refractivity contribution is -0.138. The van der Waals surface area contributed by atoms with Crippen LogP contribution in [-0.4, -0.2) is 28.7 Å². The van der Waals surface area contributed by atoms with Gasteiger partial charge in [0.15, 0.2) is 5.78 Å². The standard InChI is InChI=1S/C17H22FNO4/c1-16(2,3)23-15(22)19-17(10-4-5-13(20)14(17)21)11-6-8-12(18)9-7-11/h6-9,13,20H,4-5,10H2,1-3H3,(H,19,22). The number of ether oxygens (including phenoxy) is 1. The monoisotopic (exact) mass is 323 g/mol. The van der Waals surface area contributed by atoms with Crippen molar-refractivity contribution in [1.82, 2.24) is 5.32 Å². The minimum Gasteiger partial charge on any atom is -0.444 e. The highest BCUT2D eigenvalue weighted by atomic mass is 19.1. The third kappa shape index (κ3) is 3.88. The Hall–Kier alpha value is -1.95. The Labute approximate surface area is 134 Å². The minimum absolute atomic E-state index is 0.327. The maximum Gasteiger partial charge on any atom is 0.408 e. The van der Waals surface area contributed by atoms with Crippen molar-refractivity contribution in [2.75, 3.05) is 0 Å². The minimum atomic E-state index is -1.40. The zero-order valence-corrected chi connectivity index (χ0v) is 13.6. The number of aliphatic hydroxyl groups is 1. The number of halogens is 1. The fraction of sp³-hybridized carbons (Fsp3) is 0.529. The lowest BCUT2D eigenvalue weighted by Crippen LogP contribution is -2.58. The molecule has 0 radical (unpaired) electrons. The second-order valence-corrected chi connectivity index (χ2v) is 6.81. The molecule has 0 spiro atoms. The Morgan fingerprint density at radius 1 is 1.35 bits per heavy atom. The van der Waals surface area contributed by atoms with Crippen LogP contribution in [0.2, 0.25) is 0 Å². The van der Waals surface area contributed by atoms with Crippen LogP contribution in [0.5, 0.6) is 0 Å². The van der Waals surface area contributed by atoms with Crippen molar-refractivity contribution in [3.63, 3.8) is 0 Å².